The lowest BCUT2D eigenvalue weighted by Crippen LogP contribution is -2.52. The fourth-order valence-corrected chi connectivity index (χ4v) is 4.96. The number of aliphatic hydroxyl groups excluding tert-OH is 1. The van der Waals surface area contributed by atoms with Gasteiger partial charge in [0.15, 0.2) is 5.13 Å². The van der Waals surface area contributed by atoms with Crippen molar-refractivity contribution in [3.05, 3.63) is 24.3 Å². The second kappa shape index (κ2) is 6.04. The normalized spacial score (nSPS) is 27.7. The highest BCUT2D eigenvalue weighted by Gasteiger charge is 2.43. The third kappa shape index (κ3) is 2.97. The minimum Gasteiger partial charge on any atom is -0.393 e. The molecule has 1 aromatic heterocycles. The van der Waals surface area contributed by atoms with Crippen LogP contribution in [0, 0.1) is 0 Å². The third-order valence-electron chi connectivity index (χ3n) is 5.24. The van der Waals surface area contributed by atoms with E-state index in [0.29, 0.717) is 0 Å². The predicted octanol–water partition coefficient (Wildman–Crippen LogP) is 3.59. The van der Waals surface area contributed by atoms with Crippen molar-refractivity contribution >= 4 is 26.7 Å². The second-order valence-electron chi connectivity index (χ2n) is 6.88. The molecule has 2 fully saturated rings. The van der Waals surface area contributed by atoms with Gasteiger partial charge >= 0.3 is 0 Å². The summed E-state index contributed by atoms with van der Waals surface area (Å²) >= 11 is 1.77. The van der Waals surface area contributed by atoms with Gasteiger partial charge in [-0.15, -0.1) is 0 Å². The molecule has 3 heterocycles. The fraction of sp³-hybridized carbons (Fsp3) is 0.611. The van der Waals surface area contributed by atoms with Crippen molar-refractivity contribution in [2.45, 2.75) is 56.8 Å². The van der Waals surface area contributed by atoms with Crippen LogP contribution in [0.15, 0.2) is 24.3 Å². The maximum absolute atomic E-state index is 10.2. The minimum absolute atomic E-state index is 0.120. The molecule has 5 heteroatoms. The molecule has 0 unspecified atom stereocenters. The first kappa shape index (κ1) is 15.4. The molecule has 0 bridgehead atoms. The molecule has 124 valence electrons. The Labute approximate surface area is 141 Å². The Morgan fingerprint density at radius 2 is 2.13 bits per heavy atom. The number of rotatable bonds is 2. The molecule has 1 aromatic carbocycles. The number of piperidine rings is 1. The molecule has 1 N–H and O–H groups in total. The van der Waals surface area contributed by atoms with Gasteiger partial charge in [0.1, 0.15) is 0 Å². The molecule has 2 atom stereocenters. The molecule has 0 aliphatic carbocycles. The van der Waals surface area contributed by atoms with Crippen molar-refractivity contribution in [1.82, 2.24) is 4.98 Å². The van der Waals surface area contributed by atoms with Gasteiger partial charge < -0.3 is 14.7 Å². The van der Waals surface area contributed by atoms with E-state index < -0.39 is 0 Å². The molecule has 0 radical (unpaired) electrons. The fourth-order valence-electron chi connectivity index (χ4n) is 3.94. The monoisotopic (exact) mass is 332 g/mol. The zero-order valence-corrected chi connectivity index (χ0v) is 14.4. The summed E-state index contributed by atoms with van der Waals surface area (Å²) in [4.78, 5) is 7.15. The van der Waals surface area contributed by atoms with E-state index in [2.05, 4.69) is 30.0 Å². The smallest absolute Gasteiger partial charge is 0.186 e. The molecular weight excluding hydrogens is 308 g/mol. The Kier molecular flexibility index (Phi) is 4.03. The molecule has 0 saturated carbocycles. The molecule has 2 aromatic rings. The summed E-state index contributed by atoms with van der Waals surface area (Å²) in [5, 5.41) is 11.3. The van der Waals surface area contributed by atoms with Crippen LogP contribution >= 0.6 is 11.3 Å². The van der Waals surface area contributed by atoms with Crippen molar-refractivity contribution < 1.29 is 9.84 Å². The molecule has 0 amide bonds. The van der Waals surface area contributed by atoms with Crippen molar-refractivity contribution in [3.63, 3.8) is 0 Å². The number of fused-ring (bicyclic) bond motifs is 1. The quantitative estimate of drug-likeness (QED) is 0.913. The Morgan fingerprint density at radius 3 is 2.87 bits per heavy atom. The average molecular weight is 332 g/mol. The highest BCUT2D eigenvalue weighted by molar-refractivity contribution is 7.22. The van der Waals surface area contributed by atoms with Gasteiger partial charge in [-0.25, -0.2) is 4.98 Å². The van der Waals surface area contributed by atoms with Crippen LogP contribution in [0.2, 0.25) is 0 Å². The van der Waals surface area contributed by atoms with E-state index in [4.69, 9.17) is 9.72 Å². The summed E-state index contributed by atoms with van der Waals surface area (Å²) in [6, 6.07) is 8.32. The maximum Gasteiger partial charge on any atom is 0.186 e. The van der Waals surface area contributed by atoms with Gasteiger partial charge in [-0.1, -0.05) is 30.4 Å². The number of aliphatic hydroxyl groups is 1. The minimum atomic E-state index is -0.206. The van der Waals surface area contributed by atoms with E-state index in [0.717, 1.165) is 55.8 Å². The number of para-hydroxylation sites is 1. The van der Waals surface area contributed by atoms with Crippen LogP contribution in [0.25, 0.3) is 10.2 Å². The highest BCUT2D eigenvalue weighted by atomic mass is 32.1. The first-order chi connectivity index (χ1) is 11.2. The number of hydrogen-bond acceptors (Lipinski definition) is 5. The van der Waals surface area contributed by atoms with Crippen molar-refractivity contribution in [3.8, 4) is 0 Å². The summed E-state index contributed by atoms with van der Waals surface area (Å²) in [5.41, 5.74) is 0.967. The summed E-state index contributed by atoms with van der Waals surface area (Å²) in [7, 11) is 0. The van der Waals surface area contributed by atoms with Gasteiger partial charge in [-0.2, -0.15) is 0 Å². The van der Waals surface area contributed by atoms with Gasteiger partial charge in [0.05, 0.1) is 28.0 Å². The Morgan fingerprint density at radius 1 is 1.35 bits per heavy atom. The second-order valence-corrected chi connectivity index (χ2v) is 7.89. The topological polar surface area (TPSA) is 45.6 Å². The summed E-state index contributed by atoms with van der Waals surface area (Å²) in [6.45, 7) is 4.07. The van der Waals surface area contributed by atoms with Gasteiger partial charge in [0.25, 0.3) is 0 Å². The number of anilines is 1. The first-order valence-corrected chi connectivity index (χ1v) is 9.45. The van der Waals surface area contributed by atoms with E-state index in [1.807, 2.05) is 6.07 Å². The lowest BCUT2D eigenvalue weighted by atomic mass is 9.81. The van der Waals surface area contributed by atoms with Gasteiger partial charge in [-0.3, -0.25) is 0 Å². The first-order valence-electron chi connectivity index (χ1n) is 8.64. The number of hydrogen-bond donors (Lipinski definition) is 1. The Balaban J connectivity index is 1.48. The molecule has 2 saturated heterocycles. The Bertz CT molecular complexity index is 645. The average Bonchev–Trinajstić information content (AvgIpc) is 2.98. The highest BCUT2D eigenvalue weighted by Crippen LogP contribution is 2.40. The maximum atomic E-state index is 10.2. The third-order valence-corrected chi connectivity index (χ3v) is 6.34. The summed E-state index contributed by atoms with van der Waals surface area (Å²) < 4.78 is 7.62. The van der Waals surface area contributed by atoms with E-state index >= 15 is 0 Å². The number of ether oxygens (including phenoxy) is 1. The largest absolute Gasteiger partial charge is 0.393 e. The number of benzene rings is 1. The number of nitrogens with zero attached hydrogens (tertiary/aromatic N) is 2. The standard InChI is InChI=1S/C18H24N2O2S/c1-2-14-11-13(21)12-18(22-14)7-9-20(10-8-18)17-19-15-5-3-4-6-16(15)23-17/h3-6,13-14,21H,2,7-12H2,1H3/t13-,14+/m1/s1. The lowest BCUT2D eigenvalue weighted by molar-refractivity contribution is -0.171. The van der Waals surface area contributed by atoms with Crippen LogP contribution in [-0.4, -0.2) is 41.0 Å². The van der Waals surface area contributed by atoms with Crippen LogP contribution in [0.3, 0.4) is 0 Å². The zero-order chi connectivity index (χ0) is 15.9. The van der Waals surface area contributed by atoms with Crippen LogP contribution in [0.5, 0.6) is 0 Å². The zero-order valence-electron chi connectivity index (χ0n) is 13.6. The number of aromatic nitrogens is 1. The molecular formula is C18H24N2O2S. The number of thiazole rings is 1. The molecule has 4 rings (SSSR count). The van der Waals surface area contributed by atoms with Gasteiger partial charge in [0.2, 0.25) is 0 Å². The van der Waals surface area contributed by atoms with E-state index in [1.54, 1.807) is 11.3 Å². The summed E-state index contributed by atoms with van der Waals surface area (Å²) in [5.74, 6) is 0. The van der Waals surface area contributed by atoms with Gasteiger partial charge in [0, 0.05) is 19.5 Å². The van der Waals surface area contributed by atoms with Crippen LogP contribution in [0.1, 0.15) is 39.0 Å². The SMILES string of the molecule is CC[C@H]1C[C@@H](O)CC2(CCN(c3nc4ccccc4s3)CC2)O1. The molecule has 2 aliphatic heterocycles. The molecule has 4 nitrogen and oxygen atoms in total. The van der Waals surface area contributed by atoms with Crippen LogP contribution in [-0.2, 0) is 4.74 Å². The molecule has 1 spiro atoms. The van der Waals surface area contributed by atoms with Gasteiger partial charge in [-0.05, 0) is 37.8 Å². The van der Waals surface area contributed by atoms with Crippen LogP contribution in [0.4, 0.5) is 5.13 Å². The van der Waals surface area contributed by atoms with E-state index in [9.17, 15) is 5.11 Å². The van der Waals surface area contributed by atoms with Crippen molar-refractivity contribution in [1.29, 1.82) is 0 Å². The summed E-state index contributed by atoms with van der Waals surface area (Å²) in [6.07, 6.45) is 4.54. The molecule has 23 heavy (non-hydrogen) atoms. The molecule has 2 aliphatic rings. The van der Waals surface area contributed by atoms with E-state index in [-0.39, 0.29) is 17.8 Å². The van der Waals surface area contributed by atoms with Crippen molar-refractivity contribution in [2.75, 3.05) is 18.0 Å². The van der Waals surface area contributed by atoms with Crippen LogP contribution < -0.4 is 4.90 Å². The Hall–Kier alpha value is -1.17. The van der Waals surface area contributed by atoms with E-state index in [1.165, 1.54) is 4.70 Å². The predicted molar refractivity (Wildman–Crippen MR) is 94.2 cm³/mol. The lowest BCUT2D eigenvalue weighted by Gasteiger charge is -2.47. The van der Waals surface area contributed by atoms with Crippen molar-refractivity contribution in [2.24, 2.45) is 0 Å².